The molecule has 0 aliphatic carbocycles. The molecule has 0 aromatic rings. The first-order valence-corrected chi connectivity index (χ1v) is 7.34. The molecule has 0 saturated carbocycles. The van der Waals surface area contributed by atoms with Crippen LogP contribution in [0.2, 0.25) is 0 Å². The summed E-state index contributed by atoms with van der Waals surface area (Å²) >= 11 is 0. The van der Waals surface area contributed by atoms with Crippen molar-refractivity contribution in [1.29, 1.82) is 0 Å². The smallest absolute Gasteiger partial charge is 0.410 e. The van der Waals surface area contributed by atoms with Gasteiger partial charge in [-0.1, -0.05) is 0 Å². The molecule has 122 valence electrons. The predicted molar refractivity (Wildman–Crippen MR) is 79.7 cm³/mol. The summed E-state index contributed by atoms with van der Waals surface area (Å²) in [4.78, 5) is 25.8. The second-order valence-electron chi connectivity index (χ2n) is 7.61. The number of hydrogen-bond acceptors (Lipinski definition) is 5. The second-order valence-corrected chi connectivity index (χ2v) is 7.61. The molecule has 2 atom stereocenters. The van der Waals surface area contributed by atoms with Gasteiger partial charge in [-0.15, -0.1) is 0 Å². The van der Waals surface area contributed by atoms with Gasteiger partial charge < -0.3 is 20.1 Å². The normalized spacial score (nSPS) is 23.7. The Balaban J connectivity index is 2.70. The van der Waals surface area contributed by atoms with Crippen molar-refractivity contribution in [2.75, 3.05) is 13.1 Å². The number of likely N-dealkylation sites (tertiary alicyclic amines) is 1. The highest BCUT2D eigenvalue weighted by atomic mass is 16.6. The molecule has 21 heavy (non-hydrogen) atoms. The SMILES string of the molecule is CC(C)(C)OC(=O)[C@@H]1C[C@@H](N)CN(C(=O)OC(C)(C)C)C1. The summed E-state index contributed by atoms with van der Waals surface area (Å²) in [6, 6.07) is -0.246. The van der Waals surface area contributed by atoms with Crippen LogP contribution < -0.4 is 5.73 Å². The number of carbonyl (C=O) groups is 2. The Morgan fingerprint density at radius 3 is 2.00 bits per heavy atom. The Labute approximate surface area is 126 Å². The maximum absolute atomic E-state index is 12.2. The van der Waals surface area contributed by atoms with Crippen LogP contribution in [-0.4, -0.2) is 47.3 Å². The summed E-state index contributed by atoms with van der Waals surface area (Å²) in [6.45, 7) is 11.6. The molecule has 1 heterocycles. The molecule has 6 nitrogen and oxygen atoms in total. The van der Waals surface area contributed by atoms with Gasteiger partial charge in [0.1, 0.15) is 11.2 Å². The molecular formula is C15H28N2O4. The zero-order valence-electron chi connectivity index (χ0n) is 13.9. The van der Waals surface area contributed by atoms with Crippen LogP contribution in [-0.2, 0) is 14.3 Å². The Hall–Kier alpha value is -1.30. The minimum absolute atomic E-state index is 0.246. The van der Waals surface area contributed by atoms with Crippen LogP contribution in [0.3, 0.4) is 0 Å². The maximum atomic E-state index is 12.2. The fraction of sp³-hybridized carbons (Fsp3) is 0.867. The van der Waals surface area contributed by atoms with E-state index < -0.39 is 23.2 Å². The quantitative estimate of drug-likeness (QED) is 0.748. The van der Waals surface area contributed by atoms with E-state index >= 15 is 0 Å². The molecule has 0 aromatic heterocycles. The van der Waals surface area contributed by atoms with Crippen LogP contribution in [0, 0.1) is 5.92 Å². The van der Waals surface area contributed by atoms with Gasteiger partial charge in [0.25, 0.3) is 0 Å². The van der Waals surface area contributed by atoms with E-state index in [1.54, 1.807) is 20.8 Å². The Bertz CT molecular complexity index is 359. The standard InChI is InChI=1S/C15H28N2O4/c1-14(2,3)20-12(18)10-7-11(16)9-17(8-10)13(19)21-15(4,5)6/h10-11H,7-9,16H2,1-6H3/t10-,11-/m1/s1. The third kappa shape index (κ3) is 6.33. The van der Waals surface area contributed by atoms with Crippen molar-refractivity contribution in [2.24, 2.45) is 11.7 Å². The molecule has 1 saturated heterocycles. The topological polar surface area (TPSA) is 81.9 Å². The second kappa shape index (κ2) is 6.22. The van der Waals surface area contributed by atoms with Crippen molar-refractivity contribution in [3.8, 4) is 0 Å². The number of ether oxygens (including phenoxy) is 2. The predicted octanol–water partition coefficient (Wildman–Crippen LogP) is 1.91. The lowest BCUT2D eigenvalue weighted by Crippen LogP contribution is -2.53. The van der Waals surface area contributed by atoms with Gasteiger partial charge in [0.2, 0.25) is 0 Å². The zero-order valence-corrected chi connectivity index (χ0v) is 13.9. The highest BCUT2D eigenvalue weighted by molar-refractivity contribution is 5.75. The first-order chi connectivity index (χ1) is 9.37. The lowest BCUT2D eigenvalue weighted by atomic mass is 9.95. The Morgan fingerprint density at radius 2 is 1.52 bits per heavy atom. The highest BCUT2D eigenvalue weighted by Crippen LogP contribution is 2.22. The van der Waals surface area contributed by atoms with Gasteiger partial charge in [-0.2, -0.15) is 0 Å². The third-order valence-electron chi connectivity index (χ3n) is 2.87. The number of carbonyl (C=O) groups excluding carboxylic acids is 2. The molecule has 1 amide bonds. The first-order valence-electron chi connectivity index (χ1n) is 7.34. The van der Waals surface area contributed by atoms with E-state index in [1.807, 2.05) is 20.8 Å². The third-order valence-corrected chi connectivity index (χ3v) is 2.87. The first kappa shape index (κ1) is 17.8. The largest absolute Gasteiger partial charge is 0.460 e. The average Bonchev–Trinajstić information content (AvgIpc) is 2.23. The number of nitrogens with zero attached hydrogens (tertiary/aromatic N) is 1. The fourth-order valence-corrected chi connectivity index (χ4v) is 2.17. The number of hydrogen-bond donors (Lipinski definition) is 1. The van der Waals surface area contributed by atoms with E-state index in [0.717, 1.165) is 0 Å². The molecular weight excluding hydrogens is 272 g/mol. The van der Waals surface area contributed by atoms with Gasteiger partial charge >= 0.3 is 12.1 Å². The number of rotatable bonds is 1. The number of esters is 1. The molecule has 1 fully saturated rings. The van der Waals surface area contributed by atoms with Crippen molar-refractivity contribution in [3.05, 3.63) is 0 Å². The summed E-state index contributed by atoms with van der Waals surface area (Å²) in [6.07, 6.45) is 0.0833. The molecule has 0 unspecified atom stereocenters. The number of piperidine rings is 1. The Morgan fingerprint density at radius 1 is 1.00 bits per heavy atom. The van der Waals surface area contributed by atoms with Crippen molar-refractivity contribution in [2.45, 2.75) is 65.2 Å². The van der Waals surface area contributed by atoms with Gasteiger partial charge in [-0.05, 0) is 48.0 Å². The van der Waals surface area contributed by atoms with E-state index in [0.29, 0.717) is 13.0 Å². The lowest BCUT2D eigenvalue weighted by molar-refractivity contribution is -0.161. The van der Waals surface area contributed by atoms with Crippen molar-refractivity contribution in [3.63, 3.8) is 0 Å². The molecule has 0 spiro atoms. The maximum Gasteiger partial charge on any atom is 0.410 e. The fourth-order valence-electron chi connectivity index (χ4n) is 2.17. The van der Waals surface area contributed by atoms with E-state index in [4.69, 9.17) is 15.2 Å². The summed E-state index contributed by atoms with van der Waals surface area (Å²) in [5.41, 5.74) is 4.85. The van der Waals surface area contributed by atoms with Crippen LogP contribution in [0.1, 0.15) is 48.0 Å². The van der Waals surface area contributed by atoms with E-state index in [2.05, 4.69) is 0 Å². The van der Waals surface area contributed by atoms with Crippen molar-refractivity contribution < 1.29 is 19.1 Å². The summed E-state index contributed by atoms with van der Waals surface area (Å²) in [5.74, 6) is -0.716. The highest BCUT2D eigenvalue weighted by Gasteiger charge is 2.36. The van der Waals surface area contributed by atoms with Crippen LogP contribution in [0.25, 0.3) is 0 Å². The molecule has 6 heteroatoms. The molecule has 0 bridgehead atoms. The van der Waals surface area contributed by atoms with Crippen LogP contribution in [0.5, 0.6) is 0 Å². The monoisotopic (exact) mass is 300 g/mol. The summed E-state index contributed by atoms with van der Waals surface area (Å²) < 4.78 is 10.7. The van der Waals surface area contributed by atoms with Gasteiger partial charge in [0.15, 0.2) is 0 Å². The van der Waals surface area contributed by atoms with Crippen LogP contribution in [0.15, 0.2) is 0 Å². The summed E-state index contributed by atoms with van der Waals surface area (Å²) in [5, 5.41) is 0. The number of amides is 1. The number of nitrogens with two attached hydrogens (primary N) is 1. The van der Waals surface area contributed by atoms with Crippen molar-refractivity contribution >= 4 is 12.1 Å². The van der Waals surface area contributed by atoms with E-state index in [1.165, 1.54) is 4.90 Å². The zero-order chi connectivity index (χ0) is 16.4. The lowest BCUT2D eigenvalue weighted by Gasteiger charge is -2.36. The molecule has 1 aliphatic rings. The van der Waals surface area contributed by atoms with E-state index in [-0.39, 0.29) is 18.6 Å². The van der Waals surface area contributed by atoms with Crippen LogP contribution in [0.4, 0.5) is 4.79 Å². The van der Waals surface area contributed by atoms with Gasteiger partial charge in [-0.3, -0.25) is 4.79 Å². The molecule has 0 radical (unpaired) electrons. The van der Waals surface area contributed by atoms with Crippen molar-refractivity contribution in [1.82, 2.24) is 4.90 Å². The minimum Gasteiger partial charge on any atom is -0.460 e. The summed E-state index contributed by atoms with van der Waals surface area (Å²) in [7, 11) is 0. The minimum atomic E-state index is -0.569. The van der Waals surface area contributed by atoms with E-state index in [9.17, 15) is 9.59 Å². The molecule has 1 aliphatic heterocycles. The molecule has 2 N–H and O–H groups in total. The van der Waals surface area contributed by atoms with Crippen LogP contribution >= 0.6 is 0 Å². The average molecular weight is 300 g/mol. The van der Waals surface area contributed by atoms with Gasteiger partial charge in [0, 0.05) is 19.1 Å². The molecule has 0 aromatic carbocycles. The van der Waals surface area contributed by atoms with Gasteiger partial charge in [0.05, 0.1) is 5.92 Å². The molecule has 1 rings (SSSR count). The van der Waals surface area contributed by atoms with Gasteiger partial charge in [-0.25, -0.2) is 4.79 Å². The Kier molecular flexibility index (Phi) is 5.25.